The summed E-state index contributed by atoms with van der Waals surface area (Å²) in [5, 5.41) is 10.8. The monoisotopic (exact) mass is 414 g/mol. The van der Waals surface area contributed by atoms with Crippen LogP contribution in [0.5, 0.6) is 5.75 Å². The first-order valence-corrected chi connectivity index (χ1v) is 11.6. The van der Waals surface area contributed by atoms with Gasteiger partial charge >= 0.3 is 0 Å². The minimum Gasteiger partial charge on any atom is -0.507 e. The normalized spacial score (nSPS) is 20.8. The Morgan fingerprint density at radius 3 is 2.76 bits per heavy atom. The molecule has 0 amide bonds. The van der Waals surface area contributed by atoms with Crippen LogP contribution in [0.2, 0.25) is 0 Å². The van der Waals surface area contributed by atoms with Gasteiger partial charge in [0.25, 0.3) is 0 Å². The number of allylic oxidation sites excluding steroid dienone is 4. The number of phenols is 1. The predicted octanol–water partition coefficient (Wildman–Crippen LogP) is 7.36. The number of hydrogen-bond donors (Lipinski definition) is 2. The Morgan fingerprint density at radius 2 is 2.07 bits per heavy atom. The van der Waals surface area contributed by atoms with Gasteiger partial charge < -0.3 is 9.84 Å². The zero-order valence-electron chi connectivity index (χ0n) is 18.5. The number of ether oxygens (including phenoxy) is 1. The van der Waals surface area contributed by atoms with E-state index in [1.54, 1.807) is 0 Å². The lowest BCUT2D eigenvalue weighted by Crippen LogP contribution is -2.22. The SMILES string of the molecule is C/C=C\C(=C/C)OC(C)(C)C/C=C/C1CCC[C@@H]1c1cccc(CCCS)c1O. The first-order valence-electron chi connectivity index (χ1n) is 11.0. The van der Waals surface area contributed by atoms with E-state index in [-0.39, 0.29) is 5.60 Å². The molecule has 0 aromatic heterocycles. The Bertz CT molecular complexity index is 730. The summed E-state index contributed by atoms with van der Waals surface area (Å²) in [6.07, 6.45) is 16.9. The van der Waals surface area contributed by atoms with Crippen LogP contribution in [0.4, 0.5) is 0 Å². The largest absolute Gasteiger partial charge is 0.507 e. The summed E-state index contributed by atoms with van der Waals surface area (Å²) < 4.78 is 6.15. The molecule has 1 fully saturated rings. The van der Waals surface area contributed by atoms with Crippen LogP contribution < -0.4 is 0 Å². The van der Waals surface area contributed by atoms with Crippen molar-refractivity contribution in [1.82, 2.24) is 0 Å². The molecule has 1 aliphatic rings. The first kappa shape index (κ1) is 23.7. The maximum absolute atomic E-state index is 10.8. The van der Waals surface area contributed by atoms with E-state index in [4.69, 9.17) is 4.74 Å². The van der Waals surface area contributed by atoms with Crippen molar-refractivity contribution in [3.05, 3.63) is 65.5 Å². The minimum absolute atomic E-state index is 0.249. The molecule has 1 aliphatic carbocycles. The lowest BCUT2D eigenvalue weighted by Gasteiger charge is -2.26. The first-order chi connectivity index (χ1) is 13.9. The molecular weight excluding hydrogens is 376 g/mol. The number of aromatic hydroxyl groups is 1. The molecule has 2 atom stereocenters. The van der Waals surface area contributed by atoms with Crippen LogP contribution in [-0.4, -0.2) is 16.5 Å². The maximum Gasteiger partial charge on any atom is 0.122 e. The molecule has 3 heteroatoms. The zero-order valence-corrected chi connectivity index (χ0v) is 19.4. The topological polar surface area (TPSA) is 29.5 Å². The van der Waals surface area contributed by atoms with Gasteiger partial charge in [-0.2, -0.15) is 12.6 Å². The Labute approximate surface area is 183 Å². The summed E-state index contributed by atoms with van der Waals surface area (Å²) in [7, 11) is 0. The summed E-state index contributed by atoms with van der Waals surface area (Å²) in [5.74, 6) is 3.15. The van der Waals surface area contributed by atoms with Crippen LogP contribution in [0, 0.1) is 5.92 Å². The molecule has 1 aromatic carbocycles. The summed E-state index contributed by atoms with van der Waals surface area (Å²) in [4.78, 5) is 0. The number of aryl methyl sites for hydroxylation is 1. The molecule has 1 saturated carbocycles. The van der Waals surface area contributed by atoms with Crippen molar-refractivity contribution in [3.8, 4) is 5.75 Å². The van der Waals surface area contributed by atoms with E-state index in [2.05, 4.69) is 50.8 Å². The highest BCUT2D eigenvalue weighted by Gasteiger charge is 2.29. The quantitative estimate of drug-likeness (QED) is 0.181. The van der Waals surface area contributed by atoms with Crippen LogP contribution in [0.15, 0.2) is 54.3 Å². The van der Waals surface area contributed by atoms with Crippen molar-refractivity contribution in [2.75, 3.05) is 5.75 Å². The average Bonchev–Trinajstić information content (AvgIpc) is 3.14. The van der Waals surface area contributed by atoms with Crippen LogP contribution in [0.25, 0.3) is 0 Å². The lowest BCUT2D eigenvalue weighted by atomic mass is 9.86. The maximum atomic E-state index is 10.8. The molecule has 0 spiro atoms. The van der Waals surface area contributed by atoms with Gasteiger partial charge in [-0.05, 0) is 94.2 Å². The molecule has 2 rings (SSSR count). The second-order valence-electron chi connectivity index (χ2n) is 8.57. The summed E-state index contributed by atoms with van der Waals surface area (Å²) in [6.45, 7) is 8.27. The highest BCUT2D eigenvalue weighted by atomic mass is 32.1. The molecule has 0 radical (unpaired) electrons. The molecule has 0 aliphatic heterocycles. The standard InChI is InChI=1S/C26H38O2S/c1-5-11-22(6-2)28-26(3,4)18-9-14-20-12-7-16-23(20)24-17-8-13-21(25(24)27)15-10-19-29/h5-6,8-9,11,13-14,17,20,23,27,29H,7,10,12,15-16,18-19H2,1-4H3/b11-5-,14-9+,22-6+/t20?,23-/m0/s1. The number of para-hydroxylation sites is 1. The van der Waals surface area contributed by atoms with Gasteiger partial charge in [0.2, 0.25) is 0 Å². The van der Waals surface area contributed by atoms with E-state index >= 15 is 0 Å². The number of phenolic OH excluding ortho intramolecular Hbond substituents is 1. The van der Waals surface area contributed by atoms with Gasteiger partial charge in [0.1, 0.15) is 17.1 Å². The van der Waals surface area contributed by atoms with Crippen LogP contribution in [0.3, 0.4) is 0 Å². The Kier molecular flexibility index (Phi) is 9.42. The summed E-state index contributed by atoms with van der Waals surface area (Å²) in [6, 6.07) is 6.25. The van der Waals surface area contributed by atoms with Crippen molar-refractivity contribution >= 4 is 12.6 Å². The summed E-state index contributed by atoms with van der Waals surface area (Å²) >= 11 is 4.30. The Balaban J connectivity index is 2.06. The molecule has 0 bridgehead atoms. The third-order valence-corrected chi connectivity index (χ3v) is 6.04. The number of thiol groups is 1. The fraction of sp³-hybridized carbons (Fsp3) is 0.538. The molecule has 2 nitrogen and oxygen atoms in total. The molecule has 1 N–H and O–H groups in total. The number of rotatable bonds is 10. The third kappa shape index (κ3) is 6.99. The molecule has 1 unspecified atom stereocenters. The van der Waals surface area contributed by atoms with Gasteiger partial charge in [0.05, 0.1) is 0 Å². The van der Waals surface area contributed by atoms with E-state index in [1.165, 1.54) is 12.8 Å². The van der Waals surface area contributed by atoms with Crippen molar-refractivity contribution in [2.45, 2.75) is 77.7 Å². The highest BCUT2D eigenvalue weighted by molar-refractivity contribution is 7.80. The molecule has 160 valence electrons. The van der Waals surface area contributed by atoms with E-state index < -0.39 is 0 Å². The number of benzene rings is 1. The van der Waals surface area contributed by atoms with Crippen molar-refractivity contribution in [3.63, 3.8) is 0 Å². The Morgan fingerprint density at radius 1 is 1.28 bits per heavy atom. The highest BCUT2D eigenvalue weighted by Crippen LogP contribution is 2.44. The zero-order chi connectivity index (χ0) is 21.3. The van der Waals surface area contributed by atoms with E-state index in [9.17, 15) is 5.11 Å². The van der Waals surface area contributed by atoms with Gasteiger partial charge in [0, 0.05) is 6.42 Å². The second kappa shape index (κ2) is 11.5. The number of hydrogen-bond acceptors (Lipinski definition) is 3. The molecular formula is C26H38O2S. The van der Waals surface area contributed by atoms with Gasteiger partial charge in [-0.25, -0.2) is 0 Å². The van der Waals surface area contributed by atoms with Crippen molar-refractivity contribution in [2.24, 2.45) is 5.92 Å². The van der Waals surface area contributed by atoms with E-state index in [0.717, 1.165) is 48.3 Å². The predicted molar refractivity (Wildman–Crippen MR) is 128 cm³/mol. The van der Waals surface area contributed by atoms with Crippen LogP contribution in [-0.2, 0) is 11.2 Å². The van der Waals surface area contributed by atoms with Crippen LogP contribution >= 0.6 is 12.6 Å². The summed E-state index contributed by atoms with van der Waals surface area (Å²) in [5.41, 5.74) is 1.93. The second-order valence-corrected chi connectivity index (χ2v) is 9.02. The fourth-order valence-corrected chi connectivity index (χ4v) is 4.39. The van der Waals surface area contributed by atoms with Crippen LogP contribution in [0.1, 0.15) is 76.8 Å². The minimum atomic E-state index is -0.249. The molecule has 0 saturated heterocycles. The van der Waals surface area contributed by atoms with Crippen molar-refractivity contribution < 1.29 is 9.84 Å². The molecule has 1 aromatic rings. The van der Waals surface area contributed by atoms with Gasteiger partial charge in [0.15, 0.2) is 0 Å². The Hall–Kier alpha value is -1.61. The smallest absolute Gasteiger partial charge is 0.122 e. The van der Waals surface area contributed by atoms with E-state index in [0.29, 0.717) is 17.6 Å². The molecule has 0 heterocycles. The van der Waals surface area contributed by atoms with Crippen molar-refractivity contribution in [1.29, 1.82) is 0 Å². The van der Waals surface area contributed by atoms with Gasteiger partial charge in [-0.15, -0.1) is 0 Å². The van der Waals surface area contributed by atoms with E-state index in [1.807, 2.05) is 38.1 Å². The fourth-order valence-electron chi connectivity index (χ4n) is 4.23. The van der Waals surface area contributed by atoms with Gasteiger partial charge in [-0.1, -0.05) is 42.8 Å². The molecule has 29 heavy (non-hydrogen) atoms. The average molecular weight is 415 g/mol. The lowest BCUT2D eigenvalue weighted by molar-refractivity contribution is 0.0446. The van der Waals surface area contributed by atoms with Gasteiger partial charge in [-0.3, -0.25) is 0 Å². The third-order valence-electron chi connectivity index (χ3n) is 5.73.